The summed E-state index contributed by atoms with van der Waals surface area (Å²) in [7, 11) is 0. The number of imidazole rings is 1. The minimum atomic E-state index is -0.0942. The second-order valence-electron chi connectivity index (χ2n) is 3.34. The molecular weight excluding hydrogens is 208 g/mol. The van der Waals surface area contributed by atoms with Crippen LogP contribution in [-0.4, -0.2) is 15.2 Å². The molecule has 0 bridgehead atoms. The Bertz CT molecular complexity index is 267. The highest BCUT2D eigenvalue weighted by molar-refractivity contribution is 9.10. The molecule has 0 radical (unpaired) electrons. The quantitative estimate of drug-likeness (QED) is 0.662. The first-order valence-corrected chi connectivity index (χ1v) is 4.28. The van der Waals surface area contributed by atoms with E-state index >= 15 is 0 Å². The Hall–Kier alpha value is -0.510. The summed E-state index contributed by atoms with van der Waals surface area (Å²) in [5.41, 5.74) is -0.0942. The SMILES string of the molecule is CC1(C)Cn2cc(Br)nc2O1. The van der Waals surface area contributed by atoms with Crippen molar-refractivity contribution in [2.45, 2.75) is 26.0 Å². The maximum Gasteiger partial charge on any atom is 0.298 e. The van der Waals surface area contributed by atoms with Crippen molar-refractivity contribution in [1.29, 1.82) is 0 Å². The lowest BCUT2D eigenvalue weighted by molar-refractivity contribution is 0.131. The van der Waals surface area contributed by atoms with Gasteiger partial charge in [0, 0.05) is 6.20 Å². The molecule has 2 heterocycles. The van der Waals surface area contributed by atoms with Crippen LogP contribution < -0.4 is 4.74 Å². The average molecular weight is 217 g/mol. The van der Waals surface area contributed by atoms with E-state index in [1.54, 1.807) is 0 Å². The summed E-state index contributed by atoms with van der Waals surface area (Å²) in [6.07, 6.45) is 1.93. The number of nitrogens with zero attached hydrogens (tertiary/aromatic N) is 2. The molecule has 0 saturated heterocycles. The number of hydrogen-bond acceptors (Lipinski definition) is 2. The van der Waals surface area contributed by atoms with Gasteiger partial charge in [0.25, 0.3) is 6.01 Å². The van der Waals surface area contributed by atoms with E-state index in [2.05, 4.69) is 34.8 Å². The zero-order valence-electron chi connectivity index (χ0n) is 6.47. The van der Waals surface area contributed by atoms with Crippen LogP contribution in [0.25, 0.3) is 0 Å². The first-order valence-electron chi connectivity index (χ1n) is 3.48. The van der Waals surface area contributed by atoms with E-state index in [-0.39, 0.29) is 5.60 Å². The van der Waals surface area contributed by atoms with Crippen molar-refractivity contribution in [2.75, 3.05) is 0 Å². The number of ether oxygens (including phenoxy) is 1. The Morgan fingerprint density at radius 3 is 3.09 bits per heavy atom. The maximum atomic E-state index is 5.54. The van der Waals surface area contributed by atoms with E-state index in [1.165, 1.54) is 0 Å². The van der Waals surface area contributed by atoms with E-state index in [9.17, 15) is 0 Å². The third-order valence-electron chi connectivity index (χ3n) is 1.63. The number of aromatic nitrogens is 2. The molecule has 60 valence electrons. The molecule has 0 amide bonds. The molecule has 0 unspecified atom stereocenters. The van der Waals surface area contributed by atoms with Crippen molar-refractivity contribution < 1.29 is 4.74 Å². The Morgan fingerprint density at radius 2 is 2.45 bits per heavy atom. The van der Waals surface area contributed by atoms with Crippen molar-refractivity contribution in [3.63, 3.8) is 0 Å². The second-order valence-corrected chi connectivity index (χ2v) is 4.15. The van der Waals surface area contributed by atoms with E-state index in [0.29, 0.717) is 6.01 Å². The molecule has 1 aliphatic heterocycles. The van der Waals surface area contributed by atoms with Crippen LogP contribution in [0.2, 0.25) is 0 Å². The average Bonchev–Trinajstić information content (AvgIpc) is 2.17. The summed E-state index contributed by atoms with van der Waals surface area (Å²) < 4.78 is 8.38. The van der Waals surface area contributed by atoms with Gasteiger partial charge in [0.2, 0.25) is 0 Å². The zero-order valence-corrected chi connectivity index (χ0v) is 8.05. The fourth-order valence-corrected chi connectivity index (χ4v) is 1.65. The minimum absolute atomic E-state index is 0.0942. The molecule has 0 fully saturated rings. The van der Waals surface area contributed by atoms with Gasteiger partial charge in [-0.2, -0.15) is 4.98 Å². The van der Waals surface area contributed by atoms with Crippen LogP contribution >= 0.6 is 15.9 Å². The molecule has 0 aliphatic carbocycles. The summed E-state index contributed by atoms with van der Waals surface area (Å²) >= 11 is 3.28. The minimum Gasteiger partial charge on any atom is -0.457 e. The monoisotopic (exact) mass is 216 g/mol. The van der Waals surface area contributed by atoms with Crippen LogP contribution in [0, 0.1) is 0 Å². The molecule has 0 spiro atoms. The summed E-state index contributed by atoms with van der Waals surface area (Å²) in [5.74, 6) is 0. The van der Waals surface area contributed by atoms with Crippen LogP contribution in [0.3, 0.4) is 0 Å². The highest BCUT2D eigenvalue weighted by atomic mass is 79.9. The van der Waals surface area contributed by atoms with Gasteiger partial charge in [-0.3, -0.25) is 4.57 Å². The van der Waals surface area contributed by atoms with Crippen molar-refractivity contribution in [3.05, 3.63) is 10.8 Å². The molecule has 4 heteroatoms. The van der Waals surface area contributed by atoms with E-state index in [1.807, 2.05) is 10.8 Å². The van der Waals surface area contributed by atoms with Crippen molar-refractivity contribution in [1.82, 2.24) is 9.55 Å². The number of hydrogen-bond donors (Lipinski definition) is 0. The molecule has 0 N–H and O–H groups in total. The molecular formula is C7H9BrN2O. The number of rotatable bonds is 0. The highest BCUT2D eigenvalue weighted by Gasteiger charge is 2.31. The molecule has 11 heavy (non-hydrogen) atoms. The largest absolute Gasteiger partial charge is 0.457 e. The normalized spacial score (nSPS) is 19.5. The van der Waals surface area contributed by atoms with Crippen molar-refractivity contribution >= 4 is 15.9 Å². The lowest BCUT2D eigenvalue weighted by Crippen LogP contribution is -2.26. The van der Waals surface area contributed by atoms with Crippen LogP contribution in [0.1, 0.15) is 13.8 Å². The molecule has 2 rings (SSSR count). The lowest BCUT2D eigenvalue weighted by atomic mass is 10.1. The van der Waals surface area contributed by atoms with Gasteiger partial charge in [0.15, 0.2) is 0 Å². The van der Waals surface area contributed by atoms with Crippen LogP contribution in [0.4, 0.5) is 0 Å². The molecule has 0 aromatic carbocycles. The Kier molecular flexibility index (Phi) is 1.30. The standard InChI is InChI=1S/C7H9BrN2O/c1-7(2)4-10-3-5(8)9-6(10)11-7/h3H,4H2,1-2H3. The maximum absolute atomic E-state index is 5.54. The predicted molar refractivity (Wildman–Crippen MR) is 44.6 cm³/mol. The number of halogens is 1. The fraction of sp³-hybridized carbons (Fsp3) is 0.571. The molecule has 1 aromatic heterocycles. The molecule has 0 atom stereocenters. The topological polar surface area (TPSA) is 27.1 Å². The highest BCUT2D eigenvalue weighted by Crippen LogP contribution is 2.29. The first-order chi connectivity index (χ1) is 5.07. The van der Waals surface area contributed by atoms with Gasteiger partial charge in [-0.1, -0.05) is 0 Å². The van der Waals surface area contributed by atoms with Crippen molar-refractivity contribution in [3.8, 4) is 6.01 Å². The molecule has 1 aliphatic rings. The Balaban J connectivity index is 2.37. The third kappa shape index (κ3) is 1.15. The molecule has 0 saturated carbocycles. The van der Waals surface area contributed by atoms with Crippen molar-refractivity contribution in [2.24, 2.45) is 0 Å². The Morgan fingerprint density at radius 1 is 1.73 bits per heavy atom. The first kappa shape index (κ1) is 7.16. The fourth-order valence-electron chi connectivity index (χ4n) is 1.25. The van der Waals surface area contributed by atoms with Gasteiger partial charge in [0.1, 0.15) is 10.2 Å². The smallest absolute Gasteiger partial charge is 0.298 e. The van der Waals surface area contributed by atoms with Gasteiger partial charge in [-0.05, 0) is 29.8 Å². The second kappa shape index (κ2) is 2.00. The van der Waals surface area contributed by atoms with E-state index < -0.39 is 0 Å². The predicted octanol–water partition coefficient (Wildman–Crippen LogP) is 1.82. The van der Waals surface area contributed by atoms with Gasteiger partial charge < -0.3 is 4.74 Å². The van der Waals surface area contributed by atoms with Gasteiger partial charge in [-0.15, -0.1) is 0 Å². The van der Waals surface area contributed by atoms with Crippen LogP contribution in [0.5, 0.6) is 6.01 Å². The van der Waals surface area contributed by atoms with E-state index in [4.69, 9.17) is 4.74 Å². The van der Waals surface area contributed by atoms with Crippen LogP contribution in [-0.2, 0) is 6.54 Å². The van der Waals surface area contributed by atoms with Crippen LogP contribution in [0.15, 0.2) is 10.8 Å². The summed E-state index contributed by atoms with van der Waals surface area (Å²) in [6.45, 7) is 4.98. The summed E-state index contributed by atoms with van der Waals surface area (Å²) in [6, 6.07) is 0.710. The summed E-state index contributed by atoms with van der Waals surface area (Å²) in [5, 5.41) is 0. The zero-order chi connectivity index (χ0) is 8.06. The van der Waals surface area contributed by atoms with Gasteiger partial charge in [-0.25, -0.2) is 0 Å². The van der Waals surface area contributed by atoms with E-state index in [0.717, 1.165) is 11.1 Å². The number of fused-ring (bicyclic) bond motifs is 1. The lowest BCUT2D eigenvalue weighted by Gasteiger charge is -2.14. The van der Waals surface area contributed by atoms with Gasteiger partial charge >= 0.3 is 0 Å². The molecule has 3 nitrogen and oxygen atoms in total. The van der Waals surface area contributed by atoms with Gasteiger partial charge in [0.05, 0.1) is 6.54 Å². The Labute approximate surface area is 73.5 Å². The summed E-state index contributed by atoms with van der Waals surface area (Å²) in [4.78, 5) is 4.14. The molecule has 1 aromatic rings. The third-order valence-corrected chi connectivity index (χ3v) is 2.01.